The van der Waals surface area contributed by atoms with Crippen molar-refractivity contribution in [3.63, 3.8) is 0 Å². The van der Waals surface area contributed by atoms with E-state index in [1.165, 1.54) is 5.56 Å². The smallest absolute Gasteiger partial charge is 0.210 e. The van der Waals surface area contributed by atoms with Crippen LogP contribution in [0.1, 0.15) is 11.3 Å². The van der Waals surface area contributed by atoms with Crippen molar-refractivity contribution in [2.75, 3.05) is 31.2 Å². The van der Waals surface area contributed by atoms with E-state index in [4.69, 9.17) is 9.15 Å². The summed E-state index contributed by atoms with van der Waals surface area (Å²) in [5.41, 5.74) is 2.08. The monoisotopic (exact) mass is 426 g/mol. The standard InChI is InChI=1S/C16H16Br2N2O2/c1-11-2-3-15(13(17)8-11)19-10-12-9-14(18)16(22-12)20-4-6-21-7-5-20/h2-3,8-10H,4-7H2,1H3. The second kappa shape index (κ2) is 6.98. The van der Waals surface area contributed by atoms with Gasteiger partial charge in [0.2, 0.25) is 5.88 Å². The van der Waals surface area contributed by atoms with Crippen LogP contribution in [0.2, 0.25) is 0 Å². The van der Waals surface area contributed by atoms with Gasteiger partial charge in [-0.15, -0.1) is 0 Å². The van der Waals surface area contributed by atoms with Crippen LogP contribution < -0.4 is 4.90 Å². The highest BCUT2D eigenvalue weighted by Gasteiger charge is 2.18. The molecule has 0 spiro atoms. The number of morpholine rings is 1. The number of halogens is 2. The zero-order chi connectivity index (χ0) is 15.5. The Morgan fingerprint density at radius 2 is 1.91 bits per heavy atom. The van der Waals surface area contributed by atoms with Gasteiger partial charge < -0.3 is 14.1 Å². The number of nitrogens with zero attached hydrogens (tertiary/aromatic N) is 2. The van der Waals surface area contributed by atoms with E-state index in [-0.39, 0.29) is 0 Å². The Bertz CT molecular complexity index is 691. The predicted molar refractivity (Wildman–Crippen MR) is 95.6 cm³/mol. The van der Waals surface area contributed by atoms with Gasteiger partial charge in [0.05, 0.1) is 29.6 Å². The fourth-order valence-corrected chi connectivity index (χ4v) is 3.42. The molecule has 1 aromatic carbocycles. The number of aliphatic imine (C=N–C) groups is 1. The van der Waals surface area contributed by atoms with Crippen LogP contribution in [-0.4, -0.2) is 32.5 Å². The highest BCUT2D eigenvalue weighted by molar-refractivity contribution is 9.11. The number of aryl methyl sites for hydroxylation is 1. The lowest BCUT2D eigenvalue weighted by Gasteiger charge is -2.26. The quantitative estimate of drug-likeness (QED) is 0.666. The van der Waals surface area contributed by atoms with Gasteiger partial charge in [-0.2, -0.15) is 0 Å². The van der Waals surface area contributed by atoms with Crippen LogP contribution in [0.3, 0.4) is 0 Å². The molecule has 0 saturated carbocycles. The second-order valence-corrected chi connectivity index (χ2v) is 6.82. The van der Waals surface area contributed by atoms with Gasteiger partial charge in [0, 0.05) is 23.6 Å². The van der Waals surface area contributed by atoms with Crippen molar-refractivity contribution in [2.45, 2.75) is 6.92 Å². The van der Waals surface area contributed by atoms with Crippen LogP contribution in [0.25, 0.3) is 0 Å². The number of ether oxygens (including phenoxy) is 1. The summed E-state index contributed by atoms with van der Waals surface area (Å²) in [6.07, 6.45) is 1.74. The maximum atomic E-state index is 5.90. The number of anilines is 1. The largest absolute Gasteiger partial charge is 0.438 e. The van der Waals surface area contributed by atoms with Gasteiger partial charge in [-0.3, -0.25) is 4.99 Å². The Morgan fingerprint density at radius 1 is 1.14 bits per heavy atom. The van der Waals surface area contributed by atoms with E-state index in [0.29, 0.717) is 0 Å². The summed E-state index contributed by atoms with van der Waals surface area (Å²) < 4.78 is 13.2. The van der Waals surface area contributed by atoms with E-state index in [9.17, 15) is 0 Å². The van der Waals surface area contributed by atoms with Crippen LogP contribution in [-0.2, 0) is 4.74 Å². The van der Waals surface area contributed by atoms with Crippen LogP contribution in [0, 0.1) is 6.92 Å². The Kier molecular flexibility index (Phi) is 5.00. The van der Waals surface area contributed by atoms with Crippen molar-refractivity contribution >= 4 is 49.6 Å². The molecule has 0 aliphatic carbocycles. The van der Waals surface area contributed by atoms with Crippen LogP contribution in [0.4, 0.5) is 11.6 Å². The fourth-order valence-electron chi connectivity index (χ4n) is 2.27. The number of furan rings is 1. The van der Waals surface area contributed by atoms with Crippen molar-refractivity contribution in [2.24, 2.45) is 4.99 Å². The number of hydrogen-bond acceptors (Lipinski definition) is 4. The lowest BCUT2D eigenvalue weighted by molar-refractivity contribution is 0.120. The minimum Gasteiger partial charge on any atom is -0.438 e. The first-order chi connectivity index (χ1) is 10.6. The molecule has 4 nitrogen and oxygen atoms in total. The summed E-state index contributed by atoms with van der Waals surface area (Å²) in [7, 11) is 0. The van der Waals surface area contributed by atoms with Gasteiger partial charge >= 0.3 is 0 Å². The average Bonchev–Trinajstić information content (AvgIpc) is 2.88. The summed E-state index contributed by atoms with van der Waals surface area (Å²) in [4.78, 5) is 6.66. The molecule has 1 saturated heterocycles. The molecule has 0 atom stereocenters. The highest BCUT2D eigenvalue weighted by Crippen LogP contribution is 2.31. The molecule has 1 aliphatic heterocycles. The Labute approximate surface area is 146 Å². The van der Waals surface area contributed by atoms with Gasteiger partial charge in [-0.25, -0.2) is 0 Å². The molecule has 0 N–H and O–H groups in total. The molecule has 1 aliphatic rings. The van der Waals surface area contributed by atoms with Gasteiger partial charge in [-0.1, -0.05) is 6.07 Å². The predicted octanol–water partition coefficient (Wildman–Crippen LogP) is 4.70. The zero-order valence-electron chi connectivity index (χ0n) is 12.2. The van der Waals surface area contributed by atoms with Crippen molar-refractivity contribution in [3.05, 3.63) is 44.5 Å². The maximum absolute atomic E-state index is 5.90. The molecule has 1 aromatic heterocycles. The molecular formula is C16H16Br2N2O2. The van der Waals surface area contributed by atoms with Crippen LogP contribution >= 0.6 is 31.9 Å². The van der Waals surface area contributed by atoms with Crippen molar-refractivity contribution in [1.29, 1.82) is 0 Å². The third kappa shape index (κ3) is 3.62. The molecule has 22 heavy (non-hydrogen) atoms. The molecule has 1 fully saturated rings. The number of rotatable bonds is 3. The first kappa shape index (κ1) is 15.8. The molecule has 2 aromatic rings. The van der Waals surface area contributed by atoms with E-state index in [1.807, 2.05) is 24.3 Å². The van der Waals surface area contributed by atoms with Crippen molar-refractivity contribution in [1.82, 2.24) is 0 Å². The van der Waals surface area contributed by atoms with Crippen LogP contribution in [0.15, 0.2) is 42.6 Å². The van der Waals surface area contributed by atoms with Gasteiger partial charge in [-0.05, 0) is 56.5 Å². The van der Waals surface area contributed by atoms with E-state index in [1.54, 1.807) is 6.21 Å². The Morgan fingerprint density at radius 3 is 2.64 bits per heavy atom. The molecule has 0 unspecified atom stereocenters. The Balaban J connectivity index is 1.79. The summed E-state index contributed by atoms with van der Waals surface area (Å²) in [6, 6.07) is 8.01. The Hall–Kier alpha value is -1.11. The van der Waals surface area contributed by atoms with Gasteiger partial charge in [0.25, 0.3) is 0 Å². The molecule has 6 heteroatoms. The molecule has 3 rings (SSSR count). The van der Waals surface area contributed by atoms with Crippen molar-refractivity contribution < 1.29 is 9.15 Å². The SMILES string of the molecule is Cc1ccc(N=Cc2cc(Br)c(N3CCOCC3)o2)c(Br)c1. The third-order valence-corrected chi connectivity index (χ3v) is 4.62. The molecular weight excluding hydrogens is 412 g/mol. The molecule has 0 radical (unpaired) electrons. The van der Waals surface area contributed by atoms with Crippen molar-refractivity contribution in [3.8, 4) is 0 Å². The number of hydrogen-bond donors (Lipinski definition) is 0. The normalized spacial score (nSPS) is 15.7. The lowest BCUT2D eigenvalue weighted by atomic mass is 10.2. The minimum atomic E-state index is 0.723. The highest BCUT2D eigenvalue weighted by atomic mass is 79.9. The van der Waals surface area contributed by atoms with Gasteiger partial charge in [0.1, 0.15) is 5.76 Å². The molecule has 116 valence electrons. The molecule has 0 amide bonds. The zero-order valence-corrected chi connectivity index (χ0v) is 15.4. The fraction of sp³-hybridized carbons (Fsp3) is 0.312. The lowest BCUT2D eigenvalue weighted by Crippen LogP contribution is -2.36. The summed E-state index contributed by atoms with van der Waals surface area (Å²) in [5, 5.41) is 0. The molecule has 0 bridgehead atoms. The minimum absolute atomic E-state index is 0.723. The first-order valence-corrected chi connectivity index (χ1v) is 8.64. The summed E-state index contributed by atoms with van der Waals surface area (Å²) in [6.45, 7) is 5.19. The van der Waals surface area contributed by atoms with E-state index >= 15 is 0 Å². The topological polar surface area (TPSA) is 38.0 Å². The molecule has 2 heterocycles. The van der Waals surface area contributed by atoms with E-state index in [2.05, 4.69) is 48.7 Å². The van der Waals surface area contributed by atoms with E-state index in [0.717, 1.165) is 52.6 Å². The van der Waals surface area contributed by atoms with E-state index < -0.39 is 0 Å². The maximum Gasteiger partial charge on any atom is 0.210 e. The van der Waals surface area contributed by atoms with Crippen LogP contribution in [0.5, 0.6) is 0 Å². The summed E-state index contributed by atoms with van der Waals surface area (Å²) in [5.74, 6) is 1.56. The first-order valence-electron chi connectivity index (χ1n) is 7.06. The number of benzene rings is 1. The summed E-state index contributed by atoms with van der Waals surface area (Å²) >= 11 is 7.08. The third-order valence-electron chi connectivity index (χ3n) is 3.42. The average molecular weight is 428 g/mol. The van der Waals surface area contributed by atoms with Gasteiger partial charge in [0.15, 0.2) is 0 Å². The second-order valence-electron chi connectivity index (χ2n) is 5.11.